The number of aromatic nitrogens is 1. The first-order chi connectivity index (χ1) is 16.8. The fourth-order valence-corrected chi connectivity index (χ4v) is 4.62. The Morgan fingerprint density at radius 2 is 2.17 bits per heavy atom. The molecule has 0 saturated carbocycles. The van der Waals surface area contributed by atoms with E-state index in [0.29, 0.717) is 0 Å². The number of carboxylic acids is 1. The number of aliphatic imine (C=N–C) groups is 1. The number of hydrogen-bond donors (Lipinski definition) is 5. The molecule has 1 aromatic heterocycles. The van der Waals surface area contributed by atoms with Crippen LogP contribution in [0.5, 0.6) is 0 Å². The fourth-order valence-electron chi connectivity index (χ4n) is 3.20. The van der Waals surface area contributed by atoms with E-state index >= 15 is 0 Å². The number of β-lactam (4-membered cyclic amide) rings is 1. The molecule has 0 radical (unpaired) electrons. The molecule has 6 N–H and O–H groups in total. The van der Waals surface area contributed by atoms with Crippen LogP contribution in [-0.2, 0) is 29.5 Å². The van der Waals surface area contributed by atoms with Crippen molar-refractivity contribution in [1.82, 2.24) is 24.8 Å². The number of carboxylic acid groups (broad SMARTS) is 1. The standard InChI is InChI=1S/C17H21N9O8S2/c1-17(2,14(29)30)34-24-10(8-6-35-15(19)22-8)12(27)23-11-9(26(13(11)28)36(31,32)33)5-25-4-3-20-16(25)21-7-18/h6,9,11H,3-5H2,1-2H3,(H2,19,22)(H,20,21)(H,23,27)(H,29,30)(H,31,32,33)/t9-,11-/m0/s1. The van der Waals surface area contributed by atoms with Crippen molar-refractivity contribution in [3.8, 4) is 6.19 Å². The maximum Gasteiger partial charge on any atom is 0.362 e. The number of nitrogens with one attached hydrogen (secondary N) is 2. The number of anilines is 1. The molecule has 1 aromatic rings. The van der Waals surface area contributed by atoms with Crippen LogP contribution in [0.4, 0.5) is 5.13 Å². The van der Waals surface area contributed by atoms with E-state index in [2.05, 4.69) is 25.8 Å². The lowest BCUT2D eigenvalue weighted by Crippen LogP contribution is -2.74. The summed E-state index contributed by atoms with van der Waals surface area (Å²) in [5, 5.41) is 27.7. The summed E-state index contributed by atoms with van der Waals surface area (Å²) in [5.41, 5.74) is 3.17. The van der Waals surface area contributed by atoms with E-state index in [0.717, 1.165) is 11.3 Å². The van der Waals surface area contributed by atoms with Gasteiger partial charge in [0.1, 0.15) is 11.7 Å². The fraction of sp³-hybridized carbons (Fsp3) is 0.471. The van der Waals surface area contributed by atoms with Crippen molar-refractivity contribution in [2.45, 2.75) is 31.5 Å². The molecule has 3 heterocycles. The normalized spacial score (nSPS) is 20.3. The SMILES string of the molecule is CC(C)(ON=C(C(=O)N[C@@H]1C(=O)N(S(=O)(=O)O)[C@H]1CN1CCN=C1NC#N)c1csc(N)n1)C(=O)O. The summed E-state index contributed by atoms with van der Waals surface area (Å²) in [4.78, 5) is 51.4. The number of guanidine groups is 1. The molecule has 0 aromatic carbocycles. The molecule has 2 aliphatic heterocycles. The van der Waals surface area contributed by atoms with Crippen LogP contribution in [0.1, 0.15) is 19.5 Å². The molecule has 0 spiro atoms. The largest absolute Gasteiger partial charge is 0.478 e. The molecule has 19 heteroatoms. The zero-order valence-electron chi connectivity index (χ0n) is 18.8. The number of nitriles is 1. The highest BCUT2D eigenvalue weighted by Gasteiger charge is 2.55. The van der Waals surface area contributed by atoms with Crippen molar-refractivity contribution < 1.29 is 37.3 Å². The third-order valence-electron chi connectivity index (χ3n) is 5.07. The first-order valence-corrected chi connectivity index (χ1v) is 12.3. The van der Waals surface area contributed by atoms with Gasteiger partial charge in [-0.15, -0.1) is 11.3 Å². The summed E-state index contributed by atoms with van der Waals surface area (Å²) in [6, 6.07) is -2.73. The number of nitrogens with zero attached hydrogens (tertiary/aromatic N) is 6. The predicted molar refractivity (Wildman–Crippen MR) is 123 cm³/mol. The van der Waals surface area contributed by atoms with Crippen molar-refractivity contribution >= 4 is 56.2 Å². The molecule has 2 atom stereocenters. The number of rotatable bonds is 9. The van der Waals surface area contributed by atoms with Gasteiger partial charge in [0.2, 0.25) is 11.6 Å². The Hall–Kier alpha value is -4.02. The van der Waals surface area contributed by atoms with Crippen LogP contribution in [-0.4, -0.2) is 99.0 Å². The molecule has 1 fully saturated rings. The van der Waals surface area contributed by atoms with Crippen molar-refractivity contribution in [2.75, 3.05) is 25.4 Å². The lowest BCUT2D eigenvalue weighted by atomic mass is 9.97. The van der Waals surface area contributed by atoms with E-state index in [1.54, 1.807) is 6.19 Å². The monoisotopic (exact) mass is 543 g/mol. The van der Waals surface area contributed by atoms with Crippen LogP contribution in [0.15, 0.2) is 15.5 Å². The predicted octanol–water partition coefficient (Wildman–Crippen LogP) is -2.45. The molecule has 0 aliphatic carbocycles. The number of carbonyl (C=O) groups excluding carboxylic acids is 2. The smallest absolute Gasteiger partial charge is 0.362 e. The maximum atomic E-state index is 13.1. The second-order valence-electron chi connectivity index (χ2n) is 7.94. The zero-order valence-corrected chi connectivity index (χ0v) is 20.4. The highest BCUT2D eigenvalue weighted by molar-refractivity contribution is 7.84. The zero-order chi connectivity index (χ0) is 26.8. The van der Waals surface area contributed by atoms with Gasteiger partial charge in [-0.2, -0.15) is 13.7 Å². The highest BCUT2D eigenvalue weighted by Crippen LogP contribution is 2.26. The van der Waals surface area contributed by atoms with Crippen LogP contribution in [0.2, 0.25) is 0 Å². The van der Waals surface area contributed by atoms with Gasteiger partial charge in [-0.1, -0.05) is 5.16 Å². The molecule has 2 aliphatic rings. The molecule has 0 unspecified atom stereocenters. The van der Waals surface area contributed by atoms with Crippen molar-refractivity contribution in [2.24, 2.45) is 10.1 Å². The Morgan fingerprint density at radius 1 is 1.47 bits per heavy atom. The average Bonchev–Trinajstić information content (AvgIpc) is 3.39. The molecule has 3 rings (SSSR count). The van der Waals surface area contributed by atoms with Crippen LogP contribution in [0.25, 0.3) is 0 Å². The minimum Gasteiger partial charge on any atom is -0.478 e. The van der Waals surface area contributed by atoms with Gasteiger partial charge >= 0.3 is 16.3 Å². The lowest BCUT2D eigenvalue weighted by Gasteiger charge is -2.45. The van der Waals surface area contributed by atoms with Crippen LogP contribution in [0, 0.1) is 11.5 Å². The molecule has 0 bridgehead atoms. The first kappa shape index (κ1) is 26.6. The number of oxime groups is 1. The van der Waals surface area contributed by atoms with Crippen LogP contribution in [0.3, 0.4) is 0 Å². The van der Waals surface area contributed by atoms with Gasteiger partial charge in [0.25, 0.3) is 11.8 Å². The summed E-state index contributed by atoms with van der Waals surface area (Å²) in [6.45, 7) is 2.71. The lowest BCUT2D eigenvalue weighted by molar-refractivity contribution is -0.161. The summed E-state index contributed by atoms with van der Waals surface area (Å²) in [7, 11) is -4.98. The number of nitrogen functional groups attached to an aromatic ring is 1. The Kier molecular flexibility index (Phi) is 7.33. The first-order valence-electron chi connectivity index (χ1n) is 10.0. The number of amides is 2. The van der Waals surface area contributed by atoms with Gasteiger partial charge < -0.3 is 25.9 Å². The third kappa shape index (κ3) is 5.45. The summed E-state index contributed by atoms with van der Waals surface area (Å²) >= 11 is 0.953. The number of aliphatic carboxylic acids is 1. The Morgan fingerprint density at radius 3 is 2.72 bits per heavy atom. The van der Waals surface area contributed by atoms with Gasteiger partial charge in [-0.05, 0) is 13.8 Å². The van der Waals surface area contributed by atoms with Crippen LogP contribution < -0.4 is 16.4 Å². The van der Waals surface area contributed by atoms with Gasteiger partial charge in [0, 0.05) is 18.5 Å². The second-order valence-corrected chi connectivity index (χ2v) is 10.1. The summed E-state index contributed by atoms with van der Waals surface area (Å²) < 4.78 is 33.3. The number of thiazole rings is 1. The minimum atomic E-state index is -4.98. The Balaban J connectivity index is 1.87. The van der Waals surface area contributed by atoms with Crippen molar-refractivity contribution in [3.63, 3.8) is 0 Å². The summed E-state index contributed by atoms with van der Waals surface area (Å²) in [6.07, 6.45) is 1.68. The van der Waals surface area contributed by atoms with Gasteiger partial charge in [0.05, 0.1) is 12.6 Å². The van der Waals surface area contributed by atoms with Crippen molar-refractivity contribution in [1.29, 1.82) is 5.26 Å². The highest BCUT2D eigenvalue weighted by atomic mass is 32.2. The number of hydrogen-bond acceptors (Lipinski definition) is 14. The van der Waals surface area contributed by atoms with E-state index in [1.807, 2.05) is 0 Å². The molecule has 36 heavy (non-hydrogen) atoms. The van der Waals surface area contributed by atoms with Crippen LogP contribution >= 0.6 is 11.3 Å². The van der Waals surface area contributed by atoms with Gasteiger partial charge in [0.15, 0.2) is 17.0 Å². The van der Waals surface area contributed by atoms with E-state index in [1.165, 1.54) is 24.1 Å². The van der Waals surface area contributed by atoms with Gasteiger partial charge in [-0.25, -0.2) is 14.1 Å². The van der Waals surface area contributed by atoms with Gasteiger partial charge in [-0.3, -0.25) is 24.5 Å². The summed E-state index contributed by atoms with van der Waals surface area (Å²) in [5.74, 6) is -3.44. The molecular weight excluding hydrogens is 522 g/mol. The minimum absolute atomic E-state index is 0.0592. The maximum absolute atomic E-state index is 13.1. The molecular formula is C17H21N9O8S2. The Labute approximate surface area is 208 Å². The molecule has 194 valence electrons. The topological polar surface area (TPSA) is 253 Å². The molecule has 2 amide bonds. The molecule has 17 nitrogen and oxygen atoms in total. The van der Waals surface area contributed by atoms with E-state index in [9.17, 15) is 32.5 Å². The average molecular weight is 544 g/mol. The van der Waals surface area contributed by atoms with E-state index in [-0.39, 0.29) is 40.7 Å². The molecule has 1 saturated heterocycles. The van der Waals surface area contributed by atoms with E-state index in [4.69, 9.17) is 15.8 Å². The number of nitrogens with two attached hydrogens (primary N) is 1. The number of carbonyl (C=O) groups is 3. The second kappa shape index (κ2) is 9.92. The van der Waals surface area contributed by atoms with Crippen molar-refractivity contribution in [3.05, 3.63) is 11.1 Å². The Bertz CT molecular complexity index is 1280. The van der Waals surface area contributed by atoms with E-state index < -0.39 is 51.5 Å². The quantitative estimate of drug-likeness (QED) is 0.0542. The third-order valence-corrected chi connectivity index (χ3v) is 6.69.